The third kappa shape index (κ3) is 4.19. The minimum atomic E-state index is -4.63. The molecule has 1 saturated heterocycles. The monoisotopic (exact) mass is 515 g/mol. The summed E-state index contributed by atoms with van der Waals surface area (Å²) in [6.07, 6.45) is -7.13. The van der Waals surface area contributed by atoms with Crippen LogP contribution in [0.4, 0.5) is 13.2 Å². The van der Waals surface area contributed by atoms with Crippen LogP contribution in [0.15, 0.2) is 63.8 Å². The fraction of sp³-hybridized carbons (Fsp3) is 0.429. The number of hydrogen-bond donors (Lipinski definition) is 0. The van der Waals surface area contributed by atoms with Crippen LogP contribution in [-0.4, -0.2) is 47.4 Å². The number of fused-ring (bicyclic) bond motifs is 1. The first-order chi connectivity index (χ1) is 17.3. The molecule has 37 heavy (non-hydrogen) atoms. The van der Waals surface area contributed by atoms with E-state index in [0.29, 0.717) is 16.5 Å². The van der Waals surface area contributed by atoms with Crippen LogP contribution in [0.2, 0.25) is 0 Å². The quantitative estimate of drug-likeness (QED) is 0.251. The van der Waals surface area contributed by atoms with Crippen molar-refractivity contribution in [2.24, 2.45) is 5.92 Å². The molecule has 1 aromatic heterocycles. The van der Waals surface area contributed by atoms with Gasteiger partial charge in [-0.2, -0.15) is 13.2 Å². The van der Waals surface area contributed by atoms with Gasteiger partial charge in [0, 0.05) is 17.0 Å². The second kappa shape index (κ2) is 8.62. The molecule has 1 aliphatic carbocycles. The van der Waals surface area contributed by atoms with Gasteiger partial charge in [0.2, 0.25) is 0 Å². The third-order valence-corrected chi connectivity index (χ3v) is 8.30. The zero-order valence-corrected chi connectivity index (χ0v) is 21.0. The number of halogens is 3. The molecular weight excluding hydrogens is 487 g/mol. The summed E-state index contributed by atoms with van der Waals surface area (Å²) in [5.41, 5.74) is -0.736. The van der Waals surface area contributed by atoms with Gasteiger partial charge in [0.15, 0.2) is 0 Å². The van der Waals surface area contributed by atoms with Crippen LogP contribution in [-0.2, 0) is 9.53 Å². The second-order valence-electron chi connectivity index (χ2n) is 10.4. The van der Waals surface area contributed by atoms with Crippen molar-refractivity contribution in [1.29, 1.82) is 0 Å². The van der Waals surface area contributed by atoms with Crippen LogP contribution in [0.5, 0.6) is 5.75 Å². The van der Waals surface area contributed by atoms with Gasteiger partial charge in [-0.1, -0.05) is 30.3 Å². The average molecular weight is 516 g/mol. The Balaban J connectivity index is 1.37. The largest absolute Gasteiger partial charge is 0.489 e. The minimum Gasteiger partial charge on any atom is -0.489 e. The number of hydrogen-bond acceptors (Lipinski definition) is 6. The van der Waals surface area contributed by atoms with Gasteiger partial charge in [-0.25, -0.2) is 9.59 Å². The van der Waals surface area contributed by atoms with Crippen molar-refractivity contribution in [2.45, 2.75) is 63.1 Å². The maximum absolute atomic E-state index is 14.1. The van der Waals surface area contributed by atoms with Crippen molar-refractivity contribution in [3.63, 3.8) is 0 Å². The zero-order chi connectivity index (χ0) is 26.8. The summed E-state index contributed by atoms with van der Waals surface area (Å²) in [6.45, 7) is 5.36. The molecule has 6 nitrogen and oxygen atoms in total. The molecule has 2 fully saturated rings. The molecule has 0 radical (unpaired) electrons. The van der Waals surface area contributed by atoms with Gasteiger partial charge >= 0.3 is 17.8 Å². The Morgan fingerprint density at radius 3 is 2.30 bits per heavy atom. The molecule has 2 aromatic carbocycles. The number of likely N-dealkylation sites (N-methyl/N-ethyl adjacent to an activating group) is 1. The van der Waals surface area contributed by atoms with E-state index in [9.17, 15) is 22.8 Å². The Labute approximate surface area is 212 Å². The summed E-state index contributed by atoms with van der Waals surface area (Å²) in [5, 5.41) is 0.612. The molecule has 0 spiro atoms. The third-order valence-electron chi connectivity index (χ3n) is 8.30. The lowest BCUT2D eigenvalue weighted by Crippen LogP contribution is -2.43. The predicted molar refractivity (Wildman–Crippen MR) is 131 cm³/mol. The molecule has 1 saturated carbocycles. The average Bonchev–Trinajstić information content (AvgIpc) is 3.11. The maximum Gasteiger partial charge on any atom is 0.398 e. The highest BCUT2D eigenvalue weighted by atomic mass is 19.4. The minimum absolute atomic E-state index is 0.0317. The van der Waals surface area contributed by atoms with Crippen molar-refractivity contribution in [2.75, 3.05) is 7.05 Å². The standard InChI is InChI=1S/C28H28F3NO5/c1-26(2)27(3,32(26)4)25(34)37-21-13-12-20(23(21)28(29,30)31)35-18-11-10-17-14-19(16-8-6-5-7-9-16)24(33)36-22(17)15-18/h5-11,14-15,20-21,23H,12-13H2,1-4H3. The first-order valence-electron chi connectivity index (χ1n) is 12.2. The fourth-order valence-corrected chi connectivity index (χ4v) is 5.38. The highest BCUT2D eigenvalue weighted by Gasteiger charge is 2.70. The number of nitrogens with zero attached hydrogens (tertiary/aromatic N) is 1. The molecule has 2 aliphatic rings. The molecule has 0 bridgehead atoms. The van der Waals surface area contributed by atoms with E-state index in [4.69, 9.17) is 13.9 Å². The molecule has 9 heteroatoms. The summed E-state index contributed by atoms with van der Waals surface area (Å²) in [6, 6.07) is 15.3. The van der Waals surface area contributed by atoms with Crippen molar-refractivity contribution in [1.82, 2.24) is 4.90 Å². The van der Waals surface area contributed by atoms with Gasteiger partial charge in [-0.05, 0) is 64.4 Å². The lowest BCUT2D eigenvalue weighted by Gasteiger charge is -2.28. The van der Waals surface area contributed by atoms with E-state index >= 15 is 0 Å². The second-order valence-corrected chi connectivity index (χ2v) is 10.4. The number of rotatable bonds is 5. The van der Waals surface area contributed by atoms with Gasteiger partial charge in [0.25, 0.3) is 0 Å². The van der Waals surface area contributed by atoms with Crippen molar-refractivity contribution >= 4 is 16.9 Å². The van der Waals surface area contributed by atoms with E-state index in [2.05, 4.69) is 0 Å². The molecule has 0 N–H and O–H groups in total. The molecule has 5 atom stereocenters. The van der Waals surface area contributed by atoms with Crippen molar-refractivity contribution < 1.29 is 31.9 Å². The van der Waals surface area contributed by atoms with Crippen LogP contribution in [0.1, 0.15) is 33.6 Å². The van der Waals surface area contributed by atoms with Crippen LogP contribution in [0.3, 0.4) is 0 Å². The fourth-order valence-electron chi connectivity index (χ4n) is 5.38. The van der Waals surface area contributed by atoms with E-state index in [1.165, 1.54) is 6.07 Å². The normalized spacial score (nSPS) is 28.7. The Kier molecular flexibility index (Phi) is 5.90. The SMILES string of the molecule is CN1C(C)(C)C1(C)C(=O)OC1CCC(Oc2ccc3cc(-c4ccccc4)c(=O)oc3c2)C1C(F)(F)F. The Hall–Kier alpha value is -3.33. The van der Waals surface area contributed by atoms with Gasteiger partial charge in [-0.15, -0.1) is 0 Å². The molecule has 0 amide bonds. The highest BCUT2D eigenvalue weighted by molar-refractivity contribution is 5.87. The Morgan fingerprint density at radius 2 is 1.68 bits per heavy atom. The summed E-state index contributed by atoms with van der Waals surface area (Å²) in [7, 11) is 1.74. The first-order valence-corrected chi connectivity index (χ1v) is 12.2. The molecule has 5 unspecified atom stereocenters. The number of carbonyl (C=O) groups excluding carboxylic acids is 1. The Morgan fingerprint density at radius 1 is 1.03 bits per heavy atom. The van der Waals surface area contributed by atoms with E-state index in [1.54, 1.807) is 49.2 Å². The zero-order valence-electron chi connectivity index (χ0n) is 21.0. The van der Waals surface area contributed by atoms with E-state index in [1.807, 2.05) is 32.0 Å². The molecular formula is C28H28F3NO5. The van der Waals surface area contributed by atoms with E-state index < -0.39 is 47.0 Å². The van der Waals surface area contributed by atoms with Crippen LogP contribution < -0.4 is 10.4 Å². The number of esters is 1. The number of alkyl halides is 3. The van der Waals surface area contributed by atoms with Crippen molar-refractivity contribution in [3.05, 3.63) is 65.0 Å². The lowest BCUT2D eigenvalue weighted by molar-refractivity contribution is -0.216. The molecule has 1 aliphatic heterocycles. The van der Waals surface area contributed by atoms with Crippen LogP contribution >= 0.6 is 0 Å². The lowest BCUT2D eigenvalue weighted by atomic mass is 9.98. The summed E-state index contributed by atoms with van der Waals surface area (Å²) in [5.74, 6) is -2.50. The van der Waals surface area contributed by atoms with Gasteiger partial charge < -0.3 is 13.9 Å². The number of carbonyl (C=O) groups is 1. The van der Waals surface area contributed by atoms with Gasteiger partial charge in [0.05, 0.1) is 5.56 Å². The molecule has 3 aromatic rings. The summed E-state index contributed by atoms with van der Waals surface area (Å²) < 4.78 is 59.1. The van der Waals surface area contributed by atoms with E-state index in [0.717, 1.165) is 0 Å². The Bertz CT molecular complexity index is 1400. The smallest absolute Gasteiger partial charge is 0.398 e. The van der Waals surface area contributed by atoms with Gasteiger partial charge in [-0.3, -0.25) is 4.90 Å². The topological polar surface area (TPSA) is 68.8 Å². The highest BCUT2D eigenvalue weighted by Crippen LogP contribution is 2.51. The molecule has 196 valence electrons. The summed E-state index contributed by atoms with van der Waals surface area (Å²) >= 11 is 0. The molecule has 5 rings (SSSR count). The van der Waals surface area contributed by atoms with Crippen molar-refractivity contribution in [3.8, 4) is 16.9 Å². The van der Waals surface area contributed by atoms with Gasteiger partial charge in [0.1, 0.15) is 35.0 Å². The van der Waals surface area contributed by atoms with E-state index in [-0.39, 0.29) is 24.2 Å². The molecule has 2 heterocycles. The van der Waals surface area contributed by atoms with Crippen LogP contribution in [0, 0.1) is 5.92 Å². The first kappa shape index (κ1) is 25.3. The predicted octanol–water partition coefficient (Wildman–Crippen LogP) is 5.57. The number of benzene rings is 2. The maximum atomic E-state index is 14.1. The van der Waals surface area contributed by atoms with Crippen LogP contribution in [0.25, 0.3) is 22.1 Å². The summed E-state index contributed by atoms with van der Waals surface area (Å²) in [4.78, 5) is 27.2. The number of ether oxygens (including phenoxy) is 2.